The highest BCUT2D eigenvalue weighted by Gasteiger charge is 2.28. The fourth-order valence-corrected chi connectivity index (χ4v) is 7.62. The third kappa shape index (κ3) is 4.16. The maximum Gasteiger partial charge on any atom is 0.0706 e. The van der Waals surface area contributed by atoms with E-state index in [0.717, 1.165) is 23.3 Å². The molecule has 0 aromatic rings. The summed E-state index contributed by atoms with van der Waals surface area (Å²) in [6, 6.07) is 0. The van der Waals surface area contributed by atoms with Crippen molar-refractivity contribution in [1.82, 2.24) is 0 Å². The van der Waals surface area contributed by atoms with Gasteiger partial charge in [0.1, 0.15) is 0 Å². The van der Waals surface area contributed by atoms with Gasteiger partial charge in [-0.3, -0.25) is 0 Å². The largest absolute Gasteiger partial charge is 0.375 e. The van der Waals surface area contributed by atoms with Crippen LogP contribution in [0.2, 0.25) is 0 Å². The summed E-state index contributed by atoms with van der Waals surface area (Å²) in [6.45, 7) is 7.30. The summed E-state index contributed by atoms with van der Waals surface area (Å²) in [5.74, 6) is 1.04. The molecule has 0 spiro atoms. The van der Waals surface area contributed by atoms with Gasteiger partial charge in [0.15, 0.2) is 0 Å². The van der Waals surface area contributed by atoms with Crippen molar-refractivity contribution in [1.29, 1.82) is 0 Å². The van der Waals surface area contributed by atoms with Gasteiger partial charge in [0.25, 0.3) is 0 Å². The average Bonchev–Trinajstić information content (AvgIpc) is 2.42. The highest BCUT2D eigenvalue weighted by atomic mass is 79.9. The van der Waals surface area contributed by atoms with E-state index in [-0.39, 0.29) is 16.5 Å². The number of rotatable bonds is 5. The Morgan fingerprint density at radius 2 is 1.94 bits per heavy atom. The molecule has 1 aliphatic rings. The lowest BCUT2D eigenvalue weighted by Crippen LogP contribution is -2.29. The quantitative estimate of drug-likeness (QED) is 0.567. The van der Waals surface area contributed by atoms with E-state index in [1.165, 1.54) is 7.63 Å². The molecule has 1 atom stereocenters. The van der Waals surface area contributed by atoms with Crippen molar-refractivity contribution in [3.63, 3.8) is 0 Å². The predicted octanol–water partition coefficient (Wildman–Crippen LogP) is 5.40. The summed E-state index contributed by atoms with van der Waals surface area (Å²) in [5, 5.41) is 0. The van der Waals surface area contributed by atoms with Crippen molar-refractivity contribution in [3.8, 4) is 0 Å². The van der Waals surface area contributed by atoms with Crippen LogP contribution in [0.5, 0.6) is 0 Å². The Kier molecular flexibility index (Phi) is 6.13. The fraction of sp³-hybridized carbons (Fsp3) is 0.636. The van der Waals surface area contributed by atoms with E-state index in [0.29, 0.717) is 0 Å². The molecule has 94 valence electrons. The van der Waals surface area contributed by atoms with E-state index >= 15 is 0 Å². The van der Waals surface area contributed by atoms with E-state index in [4.69, 9.17) is 4.74 Å². The third-order valence-electron chi connectivity index (χ3n) is 2.17. The molecule has 1 heterocycles. The maximum atomic E-state index is 5.88. The van der Waals surface area contributed by atoms with E-state index < -0.39 is 0 Å². The summed E-state index contributed by atoms with van der Waals surface area (Å²) in [7, 11) is -0.309. The number of allylic oxidation sites excluding steroid dienone is 2. The van der Waals surface area contributed by atoms with E-state index in [9.17, 15) is 0 Å². The van der Waals surface area contributed by atoms with Crippen molar-refractivity contribution in [2.24, 2.45) is 0 Å². The predicted molar refractivity (Wildman–Crippen MR) is 86.1 cm³/mol. The summed E-state index contributed by atoms with van der Waals surface area (Å²) < 4.78 is 9.57. The van der Waals surface area contributed by atoms with Crippen LogP contribution in [0.25, 0.3) is 0 Å². The lowest BCUT2D eigenvalue weighted by Gasteiger charge is -2.31. The minimum atomic E-state index is -0.309. The molecule has 0 aliphatic carbocycles. The van der Waals surface area contributed by atoms with E-state index in [1.54, 1.807) is 0 Å². The molecule has 0 aromatic carbocycles. The van der Waals surface area contributed by atoms with Crippen LogP contribution in [0.1, 0.15) is 27.2 Å². The molecule has 16 heavy (non-hydrogen) atoms. The summed E-state index contributed by atoms with van der Waals surface area (Å²) in [5.41, 5.74) is -0.0643. The molecule has 0 fully saturated rings. The van der Waals surface area contributed by atoms with E-state index in [2.05, 4.69) is 74.6 Å². The Bertz CT molecular complexity index is 323. The van der Waals surface area contributed by atoms with Gasteiger partial charge in [-0.2, -0.15) is 10.9 Å². The Hall–Kier alpha value is 1.23. The Morgan fingerprint density at radius 3 is 2.38 bits per heavy atom. The molecule has 0 amide bonds. The van der Waals surface area contributed by atoms with Gasteiger partial charge in [0.05, 0.1) is 5.60 Å². The first kappa shape index (κ1) is 15.3. The zero-order valence-electron chi connectivity index (χ0n) is 9.69. The number of hydrogen-bond donors (Lipinski definition) is 1. The van der Waals surface area contributed by atoms with Crippen molar-refractivity contribution < 1.29 is 4.74 Å². The second kappa shape index (κ2) is 6.41. The lowest BCUT2D eigenvalue weighted by atomic mass is 10.2. The first-order valence-corrected chi connectivity index (χ1v) is 9.12. The molecular formula is C11H17Br3OS. The molecule has 0 aromatic heterocycles. The molecule has 0 bridgehead atoms. The summed E-state index contributed by atoms with van der Waals surface area (Å²) in [4.78, 5) is 0. The van der Waals surface area contributed by atoms with Gasteiger partial charge in [-0.25, -0.2) is 0 Å². The Balaban J connectivity index is 2.64. The molecular weight excluding hydrogens is 420 g/mol. The van der Waals surface area contributed by atoms with Crippen LogP contribution < -0.4 is 0 Å². The smallest absolute Gasteiger partial charge is 0.0706 e. The first-order valence-electron chi connectivity index (χ1n) is 5.21. The fourth-order valence-electron chi connectivity index (χ4n) is 1.41. The zero-order valence-corrected chi connectivity index (χ0v) is 15.3. The van der Waals surface area contributed by atoms with Crippen molar-refractivity contribution in [2.45, 2.75) is 32.8 Å². The standard InChI is InChI=1S/C11H17Br3OS/c1-4-5-15-11(2,3)7-16-9(13)6-8(12)10(16)14/h6,16H,4-5,7H2,1-3H3. The van der Waals surface area contributed by atoms with Crippen LogP contribution in [0.4, 0.5) is 0 Å². The number of thiol groups is 1. The molecule has 1 nitrogen and oxygen atoms in total. The summed E-state index contributed by atoms with van der Waals surface area (Å²) in [6.07, 6.45) is 3.20. The number of halogens is 3. The molecule has 5 heteroatoms. The van der Waals surface area contributed by atoms with Crippen LogP contribution in [0, 0.1) is 0 Å². The average molecular weight is 437 g/mol. The van der Waals surface area contributed by atoms with Crippen molar-refractivity contribution >= 4 is 58.7 Å². The molecule has 1 aliphatic heterocycles. The van der Waals surface area contributed by atoms with Crippen LogP contribution >= 0.6 is 58.7 Å². The van der Waals surface area contributed by atoms with Crippen molar-refractivity contribution in [2.75, 3.05) is 12.4 Å². The Labute approximate surface area is 126 Å². The monoisotopic (exact) mass is 434 g/mol. The second-order valence-electron chi connectivity index (χ2n) is 4.30. The van der Waals surface area contributed by atoms with Crippen LogP contribution in [-0.2, 0) is 4.74 Å². The Morgan fingerprint density at radius 1 is 1.31 bits per heavy atom. The summed E-state index contributed by atoms with van der Waals surface area (Å²) >= 11 is 10.8. The van der Waals surface area contributed by atoms with Crippen LogP contribution in [0.15, 0.2) is 18.2 Å². The topological polar surface area (TPSA) is 9.23 Å². The van der Waals surface area contributed by atoms with Gasteiger partial charge in [-0.05, 0) is 74.1 Å². The van der Waals surface area contributed by atoms with Crippen LogP contribution in [-0.4, -0.2) is 18.0 Å². The minimum Gasteiger partial charge on any atom is -0.375 e. The molecule has 1 rings (SSSR count). The van der Waals surface area contributed by atoms with E-state index in [1.807, 2.05) is 0 Å². The van der Waals surface area contributed by atoms with Gasteiger partial charge in [0.2, 0.25) is 0 Å². The lowest BCUT2D eigenvalue weighted by molar-refractivity contribution is 0.00131. The molecule has 0 saturated carbocycles. The second-order valence-corrected chi connectivity index (χ2v) is 10.1. The van der Waals surface area contributed by atoms with Crippen molar-refractivity contribution in [3.05, 3.63) is 18.2 Å². The molecule has 1 unspecified atom stereocenters. The molecule has 0 saturated heterocycles. The van der Waals surface area contributed by atoms with Gasteiger partial charge in [-0.1, -0.05) is 6.92 Å². The molecule has 0 radical (unpaired) electrons. The zero-order chi connectivity index (χ0) is 12.3. The normalized spacial score (nSPS) is 23.9. The molecule has 0 N–H and O–H groups in total. The first-order chi connectivity index (χ1) is 7.37. The SMILES string of the molecule is CCCOC(C)(C)C[SH]1C(Br)=CC(Br)=C1Br. The highest BCUT2D eigenvalue weighted by Crippen LogP contribution is 2.58. The van der Waals surface area contributed by atoms with Gasteiger partial charge in [0, 0.05) is 24.5 Å². The third-order valence-corrected chi connectivity index (χ3v) is 9.30. The number of hydrogen-bond acceptors (Lipinski definition) is 1. The van der Waals surface area contributed by atoms with Gasteiger partial charge >= 0.3 is 0 Å². The van der Waals surface area contributed by atoms with Gasteiger partial charge < -0.3 is 4.74 Å². The minimum absolute atomic E-state index is 0.0643. The number of ether oxygens (including phenoxy) is 1. The maximum absolute atomic E-state index is 5.88. The van der Waals surface area contributed by atoms with Crippen LogP contribution in [0.3, 0.4) is 0 Å². The highest BCUT2D eigenvalue weighted by molar-refractivity contribution is 9.18. The van der Waals surface area contributed by atoms with Gasteiger partial charge in [-0.15, -0.1) is 0 Å².